The van der Waals surface area contributed by atoms with Gasteiger partial charge in [-0.25, -0.2) is 4.98 Å². The summed E-state index contributed by atoms with van der Waals surface area (Å²) in [7, 11) is 1.57. The Morgan fingerprint density at radius 3 is 2.73 bits per heavy atom. The molecule has 26 heavy (non-hydrogen) atoms. The van der Waals surface area contributed by atoms with Gasteiger partial charge in [0, 0.05) is 17.5 Å². The molecular formula is C20H20N2O3S. The summed E-state index contributed by atoms with van der Waals surface area (Å²) in [5, 5.41) is 3.34. The molecule has 0 bridgehead atoms. The Morgan fingerprint density at radius 1 is 1.15 bits per heavy atom. The quantitative estimate of drug-likeness (QED) is 0.683. The number of thiazole rings is 1. The van der Waals surface area contributed by atoms with Gasteiger partial charge < -0.3 is 9.47 Å². The van der Waals surface area contributed by atoms with Crippen molar-refractivity contribution >= 4 is 22.4 Å². The molecule has 1 amide bonds. The molecule has 0 unspecified atom stereocenters. The maximum Gasteiger partial charge on any atom is 0.264 e. The first-order valence-electron chi connectivity index (χ1n) is 8.20. The van der Waals surface area contributed by atoms with Crippen LogP contribution >= 0.6 is 11.3 Å². The molecule has 0 aliphatic heterocycles. The molecule has 0 atom stereocenters. The summed E-state index contributed by atoms with van der Waals surface area (Å²) in [6.45, 7) is 1.86. The molecule has 0 aliphatic rings. The Balaban J connectivity index is 1.54. The van der Waals surface area contributed by atoms with Crippen LogP contribution in [0, 0.1) is 6.92 Å². The van der Waals surface area contributed by atoms with Crippen LogP contribution in [0.1, 0.15) is 16.0 Å². The number of aromatic nitrogens is 1. The highest BCUT2D eigenvalue weighted by Crippen LogP contribution is 2.27. The van der Waals surface area contributed by atoms with Gasteiger partial charge in [-0.3, -0.25) is 10.1 Å². The summed E-state index contributed by atoms with van der Waals surface area (Å²) in [4.78, 5) is 17.5. The number of nitrogens with zero attached hydrogens (tertiary/aromatic N) is 1. The fourth-order valence-corrected chi connectivity index (χ4v) is 3.30. The van der Waals surface area contributed by atoms with Gasteiger partial charge in [-0.2, -0.15) is 0 Å². The summed E-state index contributed by atoms with van der Waals surface area (Å²) in [6, 6.07) is 15.7. The molecule has 1 aromatic heterocycles. The number of aryl methyl sites for hydroxylation is 1. The molecule has 0 saturated carbocycles. The smallest absolute Gasteiger partial charge is 0.264 e. The number of anilines is 1. The number of ether oxygens (including phenoxy) is 2. The molecule has 5 nitrogen and oxygen atoms in total. The monoisotopic (exact) mass is 368 g/mol. The van der Waals surface area contributed by atoms with Crippen molar-refractivity contribution in [2.45, 2.75) is 13.3 Å². The molecule has 1 heterocycles. The first-order chi connectivity index (χ1) is 12.6. The van der Waals surface area contributed by atoms with E-state index in [9.17, 15) is 4.79 Å². The first-order valence-corrected chi connectivity index (χ1v) is 9.01. The topological polar surface area (TPSA) is 60.5 Å². The number of carbonyl (C=O) groups is 1. The zero-order valence-corrected chi connectivity index (χ0v) is 15.5. The summed E-state index contributed by atoms with van der Waals surface area (Å²) < 4.78 is 10.8. The predicted octanol–water partition coefficient (Wildman–Crippen LogP) is 4.07. The number of rotatable bonds is 7. The Morgan fingerprint density at radius 2 is 1.96 bits per heavy atom. The molecule has 2 aromatic carbocycles. The second-order valence-corrected chi connectivity index (χ2v) is 6.90. The lowest BCUT2D eigenvalue weighted by Crippen LogP contribution is -2.20. The van der Waals surface area contributed by atoms with Gasteiger partial charge in [0.2, 0.25) is 0 Å². The van der Waals surface area contributed by atoms with E-state index >= 15 is 0 Å². The average Bonchev–Trinajstić information content (AvgIpc) is 3.08. The maximum absolute atomic E-state index is 12.1. The van der Waals surface area contributed by atoms with Crippen LogP contribution in [-0.4, -0.2) is 24.6 Å². The van der Waals surface area contributed by atoms with Crippen molar-refractivity contribution < 1.29 is 14.3 Å². The van der Waals surface area contributed by atoms with E-state index in [-0.39, 0.29) is 12.5 Å². The molecule has 0 spiro atoms. The van der Waals surface area contributed by atoms with Crippen molar-refractivity contribution in [2.75, 3.05) is 19.0 Å². The summed E-state index contributed by atoms with van der Waals surface area (Å²) >= 11 is 1.46. The highest BCUT2D eigenvalue weighted by Gasteiger charge is 2.10. The van der Waals surface area contributed by atoms with Crippen LogP contribution in [0.15, 0.2) is 54.7 Å². The van der Waals surface area contributed by atoms with E-state index in [1.807, 2.05) is 37.3 Å². The second kappa shape index (κ2) is 8.49. The predicted molar refractivity (Wildman–Crippen MR) is 103 cm³/mol. The minimum absolute atomic E-state index is 0.104. The van der Waals surface area contributed by atoms with Crippen LogP contribution in [0.4, 0.5) is 5.13 Å². The summed E-state index contributed by atoms with van der Waals surface area (Å²) in [5.74, 6) is 0.891. The van der Waals surface area contributed by atoms with E-state index in [1.54, 1.807) is 19.4 Å². The third-order valence-electron chi connectivity index (χ3n) is 3.70. The molecule has 1 N–H and O–H groups in total. The van der Waals surface area contributed by atoms with E-state index in [0.29, 0.717) is 16.6 Å². The van der Waals surface area contributed by atoms with E-state index in [0.717, 1.165) is 16.9 Å². The number of hydrogen-bond acceptors (Lipinski definition) is 5. The van der Waals surface area contributed by atoms with Gasteiger partial charge >= 0.3 is 0 Å². The van der Waals surface area contributed by atoms with Crippen LogP contribution in [0.5, 0.6) is 11.5 Å². The van der Waals surface area contributed by atoms with Gasteiger partial charge in [0.05, 0.1) is 7.11 Å². The standard InChI is InChI=1S/C20H20N2O3S/c1-14-8-9-17(18(10-14)24-2)25-13-19(23)22-20-21-12-16(26-20)11-15-6-4-3-5-7-15/h3-10,12H,11,13H2,1-2H3,(H,21,22,23). The minimum Gasteiger partial charge on any atom is -0.493 e. The van der Waals surface area contributed by atoms with Gasteiger partial charge in [0.25, 0.3) is 5.91 Å². The van der Waals surface area contributed by atoms with E-state index in [2.05, 4.69) is 22.4 Å². The van der Waals surface area contributed by atoms with Crippen molar-refractivity contribution in [3.63, 3.8) is 0 Å². The zero-order chi connectivity index (χ0) is 18.4. The summed E-state index contributed by atoms with van der Waals surface area (Å²) in [6.07, 6.45) is 2.59. The Hall–Kier alpha value is -2.86. The lowest BCUT2D eigenvalue weighted by atomic mass is 10.1. The number of methoxy groups -OCH3 is 1. The number of hydrogen-bond donors (Lipinski definition) is 1. The van der Waals surface area contributed by atoms with Crippen molar-refractivity contribution in [3.8, 4) is 11.5 Å². The van der Waals surface area contributed by atoms with E-state index in [4.69, 9.17) is 9.47 Å². The molecule has 134 valence electrons. The van der Waals surface area contributed by atoms with Crippen LogP contribution in [-0.2, 0) is 11.2 Å². The fraction of sp³-hybridized carbons (Fsp3) is 0.200. The molecule has 6 heteroatoms. The van der Waals surface area contributed by atoms with Gasteiger partial charge in [0.1, 0.15) is 0 Å². The highest BCUT2D eigenvalue weighted by molar-refractivity contribution is 7.15. The van der Waals surface area contributed by atoms with Gasteiger partial charge in [0.15, 0.2) is 23.2 Å². The Labute approximate surface area is 156 Å². The van der Waals surface area contributed by atoms with Crippen molar-refractivity contribution in [3.05, 3.63) is 70.7 Å². The minimum atomic E-state index is -0.256. The molecule has 3 aromatic rings. The highest BCUT2D eigenvalue weighted by atomic mass is 32.1. The largest absolute Gasteiger partial charge is 0.493 e. The second-order valence-electron chi connectivity index (χ2n) is 5.79. The van der Waals surface area contributed by atoms with Crippen LogP contribution in [0.2, 0.25) is 0 Å². The summed E-state index contributed by atoms with van der Waals surface area (Å²) in [5.41, 5.74) is 2.27. The number of nitrogens with one attached hydrogen (secondary N) is 1. The normalized spacial score (nSPS) is 10.4. The molecule has 0 radical (unpaired) electrons. The lowest BCUT2D eigenvalue weighted by molar-refractivity contribution is -0.118. The third kappa shape index (κ3) is 4.83. The zero-order valence-electron chi connectivity index (χ0n) is 14.7. The van der Waals surface area contributed by atoms with Crippen molar-refractivity contribution in [2.24, 2.45) is 0 Å². The molecular weight excluding hydrogens is 348 g/mol. The average molecular weight is 368 g/mol. The number of benzene rings is 2. The van der Waals surface area contributed by atoms with Crippen molar-refractivity contribution in [1.29, 1.82) is 0 Å². The Kier molecular flexibility index (Phi) is 5.86. The van der Waals surface area contributed by atoms with Gasteiger partial charge in [-0.05, 0) is 30.2 Å². The van der Waals surface area contributed by atoms with Gasteiger partial charge in [-0.15, -0.1) is 11.3 Å². The van der Waals surface area contributed by atoms with Crippen LogP contribution in [0.25, 0.3) is 0 Å². The van der Waals surface area contributed by atoms with Crippen molar-refractivity contribution in [1.82, 2.24) is 4.98 Å². The Bertz CT molecular complexity index is 878. The third-order valence-corrected chi connectivity index (χ3v) is 4.61. The van der Waals surface area contributed by atoms with E-state index in [1.165, 1.54) is 16.9 Å². The number of carbonyl (C=O) groups excluding carboxylic acids is 1. The molecule has 3 rings (SSSR count). The van der Waals surface area contributed by atoms with Crippen LogP contribution < -0.4 is 14.8 Å². The molecule has 0 aliphatic carbocycles. The SMILES string of the molecule is COc1cc(C)ccc1OCC(=O)Nc1ncc(Cc2ccccc2)s1. The first kappa shape index (κ1) is 17.9. The van der Waals surface area contributed by atoms with E-state index < -0.39 is 0 Å². The molecule has 0 fully saturated rings. The van der Waals surface area contributed by atoms with Crippen LogP contribution in [0.3, 0.4) is 0 Å². The number of amides is 1. The lowest BCUT2D eigenvalue weighted by Gasteiger charge is -2.10. The maximum atomic E-state index is 12.1. The van der Waals surface area contributed by atoms with Gasteiger partial charge in [-0.1, -0.05) is 36.4 Å². The molecule has 0 saturated heterocycles. The fourth-order valence-electron chi connectivity index (χ4n) is 2.44.